The number of hydrogen-bond donors (Lipinski definition) is 1. The standard InChI is InChI=1S/C16H20FNO3/c1-21-16(20)7-3-6-15(19)18-14-5-2-4-11-8-9-12(17)10-13(11)14/h8-10,14H,2-7H2,1H3,(H,18,19)/t14-/m1/s1. The molecule has 5 heteroatoms. The molecule has 21 heavy (non-hydrogen) atoms. The average Bonchev–Trinajstić information content (AvgIpc) is 2.47. The summed E-state index contributed by atoms with van der Waals surface area (Å²) in [6.45, 7) is 0. The van der Waals surface area contributed by atoms with Crippen LogP contribution in [-0.4, -0.2) is 19.0 Å². The number of halogens is 1. The molecule has 0 aromatic heterocycles. The Morgan fingerprint density at radius 3 is 2.95 bits per heavy atom. The van der Waals surface area contributed by atoms with Crippen LogP contribution in [0.1, 0.15) is 49.3 Å². The van der Waals surface area contributed by atoms with Gasteiger partial charge in [-0.2, -0.15) is 0 Å². The van der Waals surface area contributed by atoms with Gasteiger partial charge in [-0.1, -0.05) is 6.07 Å². The van der Waals surface area contributed by atoms with Crippen molar-refractivity contribution in [1.29, 1.82) is 0 Å². The molecule has 0 aliphatic heterocycles. The molecular weight excluding hydrogens is 273 g/mol. The summed E-state index contributed by atoms with van der Waals surface area (Å²) >= 11 is 0. The molecule has 1 atom stereocenters. The van der Waals surface area contributed by atoms with Gasteiger partial charge in [-0.3, -0.25) is 9.59 Å². The van der Waals surface area contributed by atoms with E-state index in [1.807, 2.05) is 0 Å². The van der Waals surface area contributed by atoms with Gasteiger partial charge in [0.05, 0.1) is 13.2 Å². The summed E-state index contributed by atoms with van der Waals surface area (Å²) in [5.74, 6) is -0.700. The molecule has 1 aliphatic rings. The van der Waals surface area contributed by atoms with E-state index < -0.39 is 0 Å². The first-order valence-corrected chi connectivity index (χ1v) is 7.24. The second-order valence-corrected chi connectivity index (χ2v) is 5.29. The summed E-state index contributed by atoms with van der Waals surface area (Å²) in [5, 5.41) is 2.94. The molecule has 0 unspecified atom stereocenters. The number of rotatable bonds is 5. The van der Waals surface area contributed by atoms with E-state index in [9.17, 15) is 14.0 Å². The average molecular weight is 293 g/mol. The number of nitrogens with one attached hydrogen (secondary N) is 1. The van der Waals surface area contributed by atoms with Gasteiger partial charge >= 0.3 is 5.97 Å². The van der Waals surface area contributed by atoms with E-state index in [-0.39, 0.29) is 36.6 Å². The number of carbonyl (C=O) groups is 2. The minimum absolute atomic E-state index is 0.110. The molecule has 2 rings (SSSR count). The van der Waals surface area contributed by atoms with Gasteiger partial charge in [-0.25, -0.2) is 4.39 Å². The van der Waals surface area contributed by atoms with Crippen LogP contribution in [0.2, 0.25) is 0 Å². The van der Waals surface area contributed by atoms with Gasteiger partial charge in [-0.15, -0.1) is 0 Å². The van der Waals surface area contributed by atoms with Crippen molar-refractivity contribution in [2.24, 2.45) is 0 Å². The summed E-state index contributed by atoms with van der Waals surface area (Å²) in [5.41, 5.74) is 1.98. The Kier molecular flexibility index (Phi) is 5.31. The van der Waals surface area contributed by atoms with Crippen LogP contribution in [0.5, 0.6) is 0 Å². The Morgan fingerprint density at radius 1 is 1.38 bits per heavy atom. The van der Waals surface area contributed by atoms with E-state index in [1.54, 1.807) is 6.07 Å². The molecule has 114 valence electrons. The Morgan fingerprint density at radius 2 is 2.19 bits per heavy atom. The number of ether oxygens (including phenoxy) is 1. The third-order valence-corrected chi connectivity index (χ3v) is 3.77. The molecule has 1 amide bonds. The molecule has 1 aromatic rings. The van der Waals surface area contributed by atoms with Crippen LogP contribution in [0.15, 0.2) is 18.2 Å². The second-order valence-electron chi connectivity index (χ2n) is 5.29. The van der Waals surface area contributed by atoms with Crippen molar-refractivity contribution in [2.45, 2.75) is 44.6 Å². The lowest BCUT2D eigenvalue weighted by Crippen LogP contribution is -2.31. The first kappa shape index (κ1) is 15.5. The fourth-order valence-corrected chi connectivity index (χ4v) is 2.68. The molecule has 0 fully saturated rings. The molecule has 0 saturated carbocycles. The summed E-state index contributed by atoms with van der Waals surface area (Å²) in [7, 11) is 1.33. The van der Waals surface area contributed by atoms with Gasteiger partial charge in [0, 0.05) is 12.8 Å². The quantitative estimate of drug-likeness (QED) is 0.849. The maximum atomic E-state index is 13.4. The molecule has 1 aromatic carbocycles. The molecule has 1 N–H and O–H groups in total. The smallest absolute Gasteiger partial charge is 0.305 e. The highest BCUT2D eigenvalue weighted by molar-refractivity contribution is 5.77. The highest BCUT2D eigenvalue weighted by Crippen LogP contribution is 2.30. The lowest BCUT2D eigenvalue weighted by molar-refractivity contribution is -0.140. The van der Waals surface area contributed by atoms with E-state index >= 15 is 0 Å². The molecule has 0 heterocycles. The van der Waals surface area contributed by atoms with Crippen LogP contribution < -0.4 is 5.32 Å². The number of amides is 1. The van der Waals surface area contributed by atoms with E-state index in [0.717, 1.165) is 30.4 Å². The van der Waals surface area contributed by atoms with Gasteiger partial charge < -0.3 is 10.1 Å². The normalized spacial score (nSPS) is 17.0. The fraction of sp³-hybridized carbons (Fsp3) is 0.500. The molecule has 0 radical (unpaired) electrons. The largest absolute Gasteiger partial charge is 0.469 e. The third-order valence-electron chi connectivity index (χ3n) is 3.77. The first-order valence-electron chi connectivity index (χ1n) is 7.24. The van der Waals surface area contributed by atoms with Crippen molar-refractivity contribution in [2.75, 3.05) is 7.11 Å². The number of carbonyl (C=O) groups excluding carboxylic acids is 2. The van der Waals surface area contributed by atoms with Crippen LogP contribution in [0, 0.1) is 5.82 Å². The monoisotopic (exact) mass is 293 g/mol. The number of aryl methyl sites for hydroxylation is 1. The van der Waals surface area contributed by atoms with Crippen molar-refractivity contribution in [1.82, 2.24) is 5.32 Å². The number of esters is 1. The number of fused-ring (bicyclic) bond motifs is 1. The van der Waals surface area contributed by atoms with Crippen LogP contribution in [0.25, 0.3) is 0 Å². The zero-order chi connectivity index (χ0) is 15.2. The summed E-state index contributed by atoms with van der Waals surface area (Å²) in [6.07, 6.45) is 3.69. The molecule has 1 aliphatic carbocycles. The van der Waals surface area contributed by atoms with Crippen LogP contribution in [-0.2, 0) is 20.7 Å². The minimum atomic E-state index is -0.312. The van der Waals surface area contributed by atoms with Crippen molar-refractivity contribution < 1.29 is 18.7 Å². The van der Waals surface area contributed by atoms with Gasteiger partial charge in [-0.05, 0) is 48.9 Å². The number of hydrogen-bond acceptors (Lipinski definition) is 3. The zero-order valence-electron chi connectivity index (χ0n) is 12.2. The van der Waals surface area contributed by atoms with E-state index in [0.29, 0.717) is 6.42 Å². The van der Waals surface area contributed by atoms with Crippen LogP contribution in [0.4, 0.5) is 4.39 Å². The molecular formula is C16H20FNO3. The second kappa shape index (κ2) is 7.20. The maximum Gasteiger partial charge on any atom is 0.305 e. The van der Waals surface area contributed by atoms with E-state index in [1.165, 1.54) is 19.2 Å². The number of methoxy groups -OCH3 is 1. The zero-order valence-corrected chi connectivity index (χ0v) is 12.2. The Bertz CT molecular complexity index is 530. The van der Waals surface area contributed by atoms with Crippen molar-refractivity contribution in [3.63, 3.8) is 0 Å². The molecule has 0 spiro atoms. The van der Waals surface area contributed by atoms with Crippen molar-refractivity contribution >= 4 is 11.9 Å². The molecule has 4 nitrogen and oxygen atoms in total. The Hall–Kier alpha value is -1.91. The maximum absolute atomic E-state index is 13.4. The summed E-state index contributed by atoms with van der Waals surface area (Å²) in [4.78, 5) is 22.9. The minimum Gasteiger partial charge on any atom is -0.469 e. The summed E-state index contributed by atoms with van der Waals surface area (Å²) in [6, 6.07) is 4.63. The highest BCUT2D eigenvalue weighted by Gasteiger charge is 2.22. The number of benzene rings is 1. The van der Waals surface area contributed by atoms with Crippen molar-refractivity contribution in [3.05, 3.63) is 35.1 Å². The summed E-state index contributed by atoms with van der Waals surface area (Å²) < 4.78 is 17.9. The topological polar surface area (TPSA) is 55.4 Å². The fourth-order valence-electron chi connectivity index (χ4n) is 2.68. The Labute approximate surface area is 123 Å². The van der Waals surface area contributed by atoms with E-state index in [4.69, 9.17) is 0 Å². The van der Waals surface area contributed by atoms with Gasteiger partial charge in [0.1, 0.15) is 5.82 Å². The highest BCUT2D eigenvalue weighted by atomic mass is 19.1. The lowest BCUT2D eigenvalue weighted by Gasteiger charge is -2.26. The first-order chi connectivity index (χ1) is 10.1. The van der Waals surface area contributed by atoms with Gasteiger partial charge in [0.15, 0.2) is 0 Å². The Balaban J connectivity index is 1.90. The molecule has 0 bridgehead atoms. The predicted molar refractivity (Wildman–Crippen MR) is 76.1 cm³/mol. The van der Waals surface area contributed by atoms with E-state index in [2.05, 4.69) is 10.1 Å². The molecule has 0 saturated heterocycles. The van der Waals surface area contributed by atoms with Crippen LogP contribution in [0.3, 0.4) is 0 Å². The lowest BCUT2D eigenvalue weighted by atomic mass is 9.87. The predicted octanol–water partition coefficient (Wildman–Crippen LogP) is 2.66. The van der Waals surface area contributed by atoms with Crippen LogP contribution >= 0.6 is 0 Å². The third kappa shape index (κ3) is 4.28. The van der Waals surface area contributed by atoms with Gasteiger partial charge in [0.25, 0.3) is 0 Å². The SMILES string of the molecule is COC(=O)CCCC(=O)N[C@@H]1CCCc2ccc(F)cc21. The van der Waals surface area contributed by atoms with Gasteiger partial charge in [0.2, 0.25) is 5.91 Å². The van der Waals surface area contributed by atoms with Crippen molar-refractivity contribution in [3.8, 4) is 0 Å².